The van der Waals surface area contributed by atoms with E-state index in [0.717, 1.165) is 18.4 Å². The molecule has 2 N–H and O–H groups in total. The third-order valence-electron chi connectivity index (χ3n) is 5.11. The minimum Gasteiger partial charge on any atom is -0.496 e. The number of para-hydroxylation sites is 1. The van der Waals surface area contributed by atoms with Gasteiger partial charge in [0.05, 0.1) is 25.3 Å². The number of amides is 2. The molecule has 0 radical (unpaired) electrons. The van der Waals surface area contributed by atoms with Crippen LogP contribution in [-0.2, 0) is 9.53 Å². The van der Waals surface area contributed by atoms with Gasteiger partial charge in [0.15, 0.2) is 0 Å². The number of hydrogen-bond acceptors (Lipinski definition) is 4. The standard InChI is InChI=1S/C20H26N2O4/c1-13-17(19(23)26-12-14-8-4-3-5-9-14)18(22-20(24)21-13)15-10-6-7-11-16(15)25-2/h6-7,10-11,14,18H,3-5,8-9,12H2,1-2H3,(H2,21,22,24)/t18-/m1/s1. The van der Waals surface area contributed by atoms with E-state index >= 15 is 0 Å². The van der Waals surface area contributed by atoms with Crippen LogP contribution in [0.3, 0.4) is 0 Å². The van der Waals surface area contributed by atoms with E-state index in [-0.39, 0.29) is 6.03 Å². The number of rotatable bonds is 5. The summed E-state index contributed by atoms with van der Waals surface area (Å²) in [7, 11) is 1.57. The Bertz CT molecular complexity index is 708. The molecule has 1 aliphatic heterocycles. The van der Waals surface area contributed by atoms with E-state index in [0.29, 0.717) is 29.5 Å². The first kappa shape index (κ1) is 18.3. The topological polar surface area (TPSA) is 76.7 Å². The molecule has 1 atom stereocenters. The average Bonchev–Trinajstić information content (AvgIpc) is 2.66. The van der Waals surface area contributed by atoms with Crippen molar-refractivity contribution in [2.24, 2.45) is 5.92 Å². The average molecular weight is 358 g/mol. The van der Waals surface area contributed by atoms with E-state index in [1.807, 2.05) is 24.3 Å². The number of nitrogens with one attached hydrogen (secondary N) is 2. The number of carbonyl (C=O) groups is 2. The second-order valence-electron chi connectivity index (χ2n) is 6.91. The Kier molecular flexibility index (Phi) is 5.81. The summed E-state index contributed by atoms with van der Waals surface area (Å²) in [4.78, 5) is 24.8. The second kappa shape index (κ2) is 8.25. The Balaban J connectivity index is 1.82. The lowest BCUT2D eigenvalue weighted by Gasteiger charge is -2.29. The van der Waals surface area contributed by atoms with Gasteiger partial charge in [-0.25, -0.2) is 9.59 Å². The molecule has 140 valence electrons. The van der Waals surface area contributed by atoms with E-state index in [1.165, 1.54) is 19.3 Å². The lowest BCUT2D eigenvalue weighted by atomic mass is 9.90. The van der Waals surface area contributed by atoms with Crippen molar-refractivity contribution in [2.45, 2.75) is 45.1 Å². The normalized spacial score (nSPS) is 21.0. The number of urea groups is 1. The van der Waals surface area contributed by atoms with Crippen LogP contribution in [0.1, 0.15) is 50.6 Å². The summed E-state index contributed by atoms with van der Waals surface area (Å²) in [6, 6.07) is 6.41. The lowest BCUT2D eigenvalue weighted by molar-refractivity contribution is -0.141. The van der Waals surface area contributed by atoms with E-state index in [2.05, 4.69) is 10.6 Å². The summed E-state index contributed by atoms with van der Waals surface area (Å²) in [5.41, 5.74) is 1.66. The molecule has 1 aliphatic carbocycles. The first-order valence-corrected chi connectivity index (χ1v) is 9.18. The Hall–Kier alpha value is -2.50. The van der Waals surface area contributed by atoms with Crippen LogP contribution in [0, 0.1) is 5.92 Å². The molecule has 1 aromatic carbocycles. The molecule has 1 saturated carbocycles. The van der Waals surface area contributed by atoms with Crippen LogP contribution in [-0.4, -0.2) is 25.7 Å². The SMILES string of the molecule is COc1ccccc1[C@H]1NC(=O)NC(C)=C1C(=O)OCC1CCCCC1. The summed E-state index contributed by atoms with van der Waals surface area (Å²) in [6.45, 7) is 2.15. The van der Waals surface area contributed by atoms with Crippen molar-refractivity contribution in [3.05, 3.63) is 41.1 Å². The lowest BCUT2D eigenvalue weighted by Crippen LogP contribution is -2.45. The van der Waals surface area contributed by atoms with Crippen molar-refractivity contribution >= 4 is 12.0 Å². The summed E-state index contributed by atoms with van der Waals surface area (Å²) >= 11 is 0. The Labute approximate surface area is 153 Å². The zero-order chi connectivity index (χ0) is 18.5. The van der Waals surface area contributed by atoms with Gasteiger partial charge in [0.1, 0.15) is 5.75 Å². The van der Waals surface area contributed by atoms with Crippen LogP contribution in [0.15, 0.2) is 35.5 Å². The number of carbonyl (C=O) groups excluding carboxylic acids is 2. The van der Waals surface area contributed by atoms with Gasteiger partial charge in [-0.3, -0.25) is 0 Å². The zero-order valence-corrected chi connectivity index (χ0v) is 15.3. The van der Waals surface area contributed by atoms with E-state index in [9.17, 15) is 9.59 Å². The largest absolute Gasteiger partial charge is 0.496 e. The van der Waals surface area contributed by atoms with Gasteiger partial charge in [-0.05, 0) is 31.7 Å². The number of hydrogen-bond donors (Lipinski definition) is 2. The maximum atomic E-state index is 12.8. The number of allylic oxidation sites excluding steroid dienone is 1. The van der Waals surface area contributed by atoms with Gasteiger partial charge < -0.3 is 20.1 Å². The minimum absolute atomic E-state index is 0.345. The van der Waals surface area contributed by atoms with Crippen molar-refractivity contribution in [3.63, 3.8) is 0 Å². The molecule has 1 fully saturated rings. The van der Waals surface area contributed by atoms with Crippen LogP contribution < -0.4 is 15.4 Å². The van der Waals surface area contributed by atoms with Crippen LogP contribution in [0.25, 0.3) is 0 Å². The zero-order valence-electron chi connectivity index (χ0n) is 15.3. The number of methoxy groups -OCH3 is 1. The van der Waals surface area contributed by atoms with Gasteiger partial charge >= 0.3 is 12.0 Å². The van der Waals surface area contributed by atoms with Crippen molar-refractivity contribution < 1.29 is 19.1 Å². The Morgan fingerprint density at radius 1 is 1.19 bits per heavy atom. The maximum absolute atomic E-state index is 12.8. The molecule has 6 nitrogen and oxygen atoms in total. The van der Waals surface area contributed by atoms with Gasteiger partial charge in [-0.1, -0.05) is 37.5 Å². The van der Waals surface area contributed by atoms with Crippen molar-refractivity contribution in [2.75, 3.05) is 13.7 Å². The van der Waals surface area contributed by atoms with Crippen LogP contribution in [0.2, 0.25) is 0 Å². The van der Waals surface area contributed by atoms with E-state index in [1.54, 1.807) is 14.0 Å². The van der Waals surface area contributed by atoms with Gasteiger partial charge in [-0.2, -0.15) is 0 Å². The highest BCUT2D eigenvalue weighted by molar-refractivity contribution is 5.95. The molecular formula is C20H26N2O4. The first-order valence-electron chi connectivity index (χ1n) is 9.18. The first-order chi connectivity index (χ1) is 12.6. The third kappa shape index (κ3) is 4.00. The predicted octanol–water partition coefficient (Wildman–Crippen LogP) is 3.45. The molecule has 0 unspecified atom stereocenters. The summed E-state index contributed by atoms with van der Waals surface area (Å²) in [6.07, 6.45) is 5.88. The summed E-state index contributed by atoms with van der Waals surface area (Å²) in [5, 5.41) is 5.49. The fourth-order valence-corrected chi connectivity index (χ4v) is 3.73. The number of benzene rings is 1. The Morgan fingerprint density at radius 2 is 1.92 bits per heavy atom. The molecule has 6 heteroatoms. The third-order valence-corrected chi connectivity index (χ3v) is 5.11. The quantitative estimate of drug-likeness (QED) is 0.791. The molecular weight excluding hydrogens is 332 g/mol. The van der Waals surface area contributed by atoms with Gasteiger partial charge in [0.25, 0.3) is 0 Å². The van der Waals surface area contributed by atoms with Crippen LogP contribution in [0.5, 0.6) is 5.75 Å². The molecule has 0 aromatic heterocycles. The maximum Gasteiger partial charge on any atom is 0.338 e. The summed E-state index contributed by atoms with van der Waals surface area (Å²) < 4.78 is 11.0. The fourth-order valence-electron chi connectivity index (χ4n) is 3.73. The molecule has 3 rings (SSSR count). The van der Waals surface area contributed by atoms with Gasteiger partial charge in [-0.15, -0.1) is 0 Å². The smallest absolute Gasteiger partial charge is 0.338 e. The highest BCUT2D eigenvalue weighted by atomic mass is 16.5. The van der Waals surface area contributed by atoms with Crippen LogP contribution >= 0.6 is 0 Å². The minimum atomic E-state index is -0.598. The van der Waals surface area contributed by atoms with Crippen molar-refractivity contribution in [1.82, 2.24) is 10.6 Å². The molecule has 2 aliphatic rings. The highest BCUT2D eigenvalue weighted by Gasteiger charge is 2.34. The van der Waals surface area contributed by atoms with E-state index < -0.39 is 12.0 Å². The number of ether oxygens (including phenoxy) is 2. The monoisotopic (exact) mass is 358 g/mol. The van der Waals surface area contributed by atoms with Crippen molar-refractivity contribution in [3.8, 4) is 5.75 Å². The highest BCUT2D eigenvalue weighted by Crippen LogP contribution is 2.33. The number of esters is 1. The van der Waals surface area contributed by atoms with Crippen LogP contribution in [0.4, 0.5) is 4.79 Å². The summed E-state index contributed by atoms with van der Waals surface area (Å²) in [5.74, 6) is 0.658. The fraction of sp³-hybridized carbons (Fsp3) is 0.500. The second-order valence-corrected chi connectivity index (χ2v) is 6.91. The molecule has 0 bridgehead atoms. The molecule has 0 spiro atoms. The molecule has 0 saturated heterocycles. The predicted molar refractivity (Wildman–Crippen MR) is 97.6 cm³/mol. The molecule has 26 heavy (non-hydrogen) atoms. The molecule has 2 amide bonds. The molecule has 1 heterocycles. The Morgan fingerprint density at radius 3 is 2.65 bits per heavy atom. The van der Waals surface area contributed by atoms with Gasteiger partial charge in [0, 0.05) is 11.3 Å². The van der Waals surface area contributed by atoms with Crippen molar-refractivity contribution in [1.29, 1.82) is 0 Å². The molecule has 1 aromatic rings. The van der Waals surface area contributed by atoms with Gasteiger partial charge in [0.2, 0.25) is 0 Å². The van der Waals surface area contributed by atoms with E-state index in [4.69, 9.17) is 9.47 Å².